The summed E-state index contributed by atoms with van der Waals surface area (Å²) in [6.45, 7) is 3.79. The number of carbonyl (C=O) groups is 1. The van der Waals surface area contributed by atoms with Gasteiger partial charge in [-0.15, -0.1) is 0 Å². The molecule has 0 radical (unpaired) electrons. The quantitative estimate of drug-likeness (QED) is 0.129. The number of phenols is 1. The molecule has 0 spiro atoms. The molecule has 0 unspecified atom stereocenters. The number of carboxylic acids is 1. The second-order valence-electron chi connectivity index (χ2n) is 10.3. The molecule has 0 atom stereocenters. The molecular weight excluding hydrogens is 492 g/mol. The number of hydrogen-bond donors (Lipinski definition) is 2. The second-order valence-corrected chi connectivity index (χ2v) is 10.3. The molecule has 2 N–H and O–H groups in total. The fourth-order valence-corrected chi connectivity index (χ4v) is 4.57. The Morgan fingerprint density at radius 3 is 1.59 bits per heavy atom. The number of benzene rings is 2. The lowest BCUT2D eigenvalue weighted by Gasteiger charge is -2.15. The first-order valence-electron chi connectivity index (χ1n) is 15.2. The van der Waals surface area contributed by atoms with Gasteiger partial charge in [-0.25, -0.2) is 4.79 Å². The number of phenolic OH excluding ortho intramolecular Hbond substituents is 1. The van der Waals surface area contributed by atoms with Crippen LogP contribution in [0.3, 0.4) is 0 Å². The molecule has 0 heterocycles. The minimum absolute atomic E-state index is 0.137. The Bertz CT molecular complexity index is 913. The Morgan fingerprint density at radius 2 is 1.05 bits per heavy atom. The highest BCUT2D eigenvalue weighted by Crippen LogP contribution is 2.32. The number of aromatic carboxylic acids is 1. The number of rotatable bonds is 24. The number of aromatic hydroxyl groups is 1. The van der Waals surface area contributed by atoms with Crippen LogP contribution in [0, 0.1) is 0 Å². The number of carboxylic acid groups (broad SMARTS) is 1. The van der Waals surface area contributed by atoms with Crippen molar-refractivity contribution in [2.75, 3.05) is 19.8 Å². The van der Waals surface area contributed by atoms with Gasteiger partial charge in [0.1, 0.15) is 5.56 Å². The summed E-state index contributed by atoms with van der Waals surface area (Å²) in [7, 11) is 0. The zero-order valence-electron chi connectivity index (χ0n) is 24.0. The summed E-state index contributed by atoms with van der Waals surface area (Å²) >= 11 is 0. The third-order valence-corrected chi connectivity index (χ3v) is 6.87. The van der Waals surface area contributed by atoms with Crippen molar-refractivity contribution in [2.24, 2.45) is 0 Å². The van der Waals surface area contributed by atoms with E-state index in [1.165, 1.54) is 64.2 Å². The Balaban J connectivity index is 1.59. The van der Waals surface area contributed by atoms with Crippen molar-refractivity contribution in [2.45, 2.75) is 110 Å². The van der Waals surface area contributed by atoms with Crippen LogP contribution in [0.4, 0.5) is 0 Å². The van der Waals surface area contributed by atoms with Crippen molar-refractivity contribution in [1.82, 2.24) is 0 Å². The van der Waals surface area contributed by atoms with Crippen LogP contribution in [-0.2, 0) is 0 Å². The maximum atomic E-state index is 11.7. The third-order valence-electron chi connectivity index (χ3n) is 6.87. The molecule has 0 aliphatic carbocycles. The van der Waals surface area contributed by atoms with Gasteiger partial charge >= 0.3 is 5.97 Å². The molecule has 2 aromatic carbocycles. The average Bonchev–Trinajstić information content (AvgIpc) is 2.94. The van der Waals surface area contributed by atoms with Gasteiger partial charge in [-0.05, 0) is 56.4 Å². The van der Waals surface area contributed by atoms with Crippen LogP contribution < -0.4 is 14.2 Å². The molecular formula is C33H50O6. The van der Waals surface area contributed by atoms with E-state index in [1.54, 1.807) is 36.4 Å². The van der Waals surface area contributed by atoms with Gasteiger partial charge in [0.15, 0.2) is 23.0 Å². The summed E-state index contributed by atoms with van der Waals surface area (Å²) in [5.74, 6) is 0.477. The summed E-state index contributed by atoms with van der Waals surface area (Å²) in [6.07, 6.45) is 19.0. The fraction of sp³-hybridized carbons (Fsp3) is 0.606. The highest BCUT2D eigenvalue weighted by atomic mass is 16.5. The summed E-state index contributed by atoms with van der Waals surface area (Å²) in [5, 5.41) is 19.4. The van der Waals surface area contributed by atoms with Crippen LogP contribution >= 0.6 is 0 Å². The monoisotopic (exact) mass is 542 g/mol. The first-order chi connectivity index (χ1) is 19.1. The van der Waals surface area contributed by atoms with Gasteiger partial charge in [-0.3, -0.25) is 0 Å². The molecule has 0 fully saturated rings. The molecule has 0 saturated carbocycles. The maximum Gasteiger partial charge on any atom is 0.339 e. The van der Waals surface area contributed by atoms with E-state index in [0.29, 0.717) is 37.1 Å². The molecule has 0 amide bonds. The predicted octanol–water partition coefficient (Wildman–Crippen LogP) is 9.19. The van der Waals surface area contributed by atoms with E-state index in [2.05, 4.69) is 6.92 Å². The Kier molecular flexibility index (Phi) is 17.4. The van der Waals surface area contributed by atoms with Gasteiger partial charge in [0.05, 0.1) is 19.8 Å². The standard InChI is InChI=1S/C33H50O6/c1-2-3-4-5-6-7-8-9-10-11-12-17-26-38-31-24-20-21-28(33(35)36)32(31)39-27-19-14-13-18-25-37-30-23-16-15-22-29(30)34/h15-16,20-24,34H,2-14,17-19,25-27H2,1H3,(H,35,36). The molecule has 218 valence electrons. The van der Waals surface area contributed by atoms with Gasteiger partial charge in [0, 0.05) is 0 Å². The van der Waals surface area contributed by atoms with Gasteiger partial charge in [-0.2, -0.15) is 0 Å². The van der Waals surface area contributed by atoms with Crippen LogP contribution in [0.1, 0.15) is 120 Å². The van der Waals surface area contributed by atoms with E-state index in [9.17, 15) is 15.0 Å². The molecule has 0 saturated heterocycles. The molecule has 2 rings (SSSR count). The van der Waals surface area contributed by atoms with Gasteiger partial charge in [0.2, 0.25) is 0 Å². The zero-order chi connectivity index (χ0) is 28.0. The topological polar surface area (TPSA) is 85.2 Å². The lowest BCUT2D eigenvalue weighted by Crippen LogP contribution is -2.08. The molecule has 0 bridgehead atoms. The molecule has 6 nitrogen and oxygen atoms in total. The minimum Gasteiger partial charge on any atom is -0.504 e. The summed E-state index contributed by atoms with van der Waals surface area (Å²) in [4.78, 5) is 11.7. The van der Waals surface area contributed by atoms with Crippen molar-refractivity contribution < 1.29 is 29.2 Å². The average molecular weight is 543 g/mol. The number of unbranched alkanes of at least 4 members (excludes halogenated alkanes) is 14. The molecule has 6 heteroatoms. The largest absolute Gasteiger partial charge is 0.504 e. The first kappa shape index (κ1) is 32.3. The third kappa shape index (κ3) is 14.2. The Hall–Kier alpha value is -2.89. The summed E-state index contributed by atoms with van der Waals surface area (Å²) in [6, 6.07) is 12.0. The van der Waals surface area contributed by atoms with E-state index >= 15 is 0 Å². The smallest absolute Gasteiger partial charge is 0.339 e. The van der Waals surface area contributed by atoms with Crippen LogP contribution in [0.2, 0.25) is 0 Å². The van der Waals surface area contributed by atoms with Crippen molar-refractivity contribution in [1.29, 1.82) is 0 Å². The lowest BCUT2D eigenvalue weighted by atomic mass is 10.1. The summed E-state index contributed by atoms with van der Waals surface area (Å²) < 4.78 is 17.5. The zero-order valence-corrected chi connectivity index (χ0v) is 24.0. The highest BCUT2D eigenvalue weighted by Gasteiger charge is 2.16. The molecule has 39 heavy (non-hydrogen) atoms. The van der Waals surface area contributed by atoms with Gasteiger partial charge < -0.3 is 24.4 Å². The minimum atomic E-state index is -1.01. The summed E-state index contributed by atoms with van der Waals surface area (Å²) in [5.41, 5.74) is 0.137. The Labute approximate surface area is 235 Å². The molecule has 2 aromatic rings. The maximum absolute atomic E-state index is 11.7. The number of hydrogen-bond acceptors (Lipinski definition) is 5. The molecule has 0 aromatic heterocycles. The van der Waals surface area contributed by atoms with Gasteiger partial charge in [-0.1, -0.05) is 95.8 Å². The van der Waals surface area contributed by atoms with Crippen molar-refractivity contribution in [3.8, 4) is 23.0 Å². The highest BCUT2D eigenvalue weighted by molar-refractivity contribution is 5.92. The van der Waals surface area contributed by atoms with Crippen molar-refractivity contribution >= 4 is 5.97 Å². The molecule has 0 aliphatic heterocycles. The first-order valence-corrected chi connectivity index (χ1v) is 15.2. The van der Waals surface area contributed by atoms with Crippen LogP contribution in [-0.4, -0.2) is 36.0 Å². The van der Waals surface area contributed by atoms with E-state index < -0.39 is 5.97 Å². The molecule has 0 aliphatic rings. The van der Waals surface area contributed by atoms with E-state index in [-0.39, 0.29) is 11.3 Å². The Morgan fingerprint density at radius 1 is 0.590 bits per heavy atom. The van der Waals surface area contributed by atoms with Crippen molar-refractivity contribution in [3.63, 3.8) is 0 Å². The number of ether oxygens (including phenoxy) is 3. The number of para-hydroxylation sites is 3. The van der Waals surface area contributed by atoms with E-state index in [0.717, 1.165) is 38.5 Å². The van der Waals surface area contributed by atoms with E-state index in [1.807, 2.05) is 6.07 Å². The normalized spacial score (nSPS) is 10.9. The van der Waals surface area contributed by atoms with Crippen LogP contribution in [0.5, 0.6) is 23.0 Å². The SMILES string of the molecule is CCCCCCCCCCCCCCOc1cccc(C(=O)O)c1OCCCCCCOc1ccccc1O. The van der Waals surface area contributed by atoms with Crippen molar-refractivity contribution in [3.05, 3.63) is 48.0 Å². The lowest BCUT2D eigenvalue weighted by molar-refractivity contribution is 0.0691. The van der Waals surface area contributed by atoms with Crippen LogP contribution in [0.15, 0.2) is 42.5 Å². The van der Waals surface area contributed by atoms with Crippen LogP contribution in [0.25, 0.3) is 0 Å². The predicted molar refractivity (Wildman–Crippen MR) is 158 cm³/mol. The van der Waals surface area contributed by atoms with E-state index in [4.69, 9.17) is 14.2 Å². The van der Waals surface area contributed by atoms with Gasteiger partial charge in [0.25, 0.3) is 0 Å². The fourth-order valence-electron chi connectivity index (χ4n) is 4.57. The second kappa shape index (κ2) is 21.0.